The lowest BCUT2D eigenvalue weighted by Crippen LogP contribution is -2.26. The molecule has 4 heteroatoms. The van der Waals surface area contributed by atoms with E-state index in [1.54, 1.807) is 24.5 Å². The number of nitrogens with one attached hydrogen (secondary N) is 1. The number of carbonyl (C=O) groups excluding carboxylic acids is 1. The second kappa shape index (κ2) is 7.20. The Kier molecular flexibility index (Phi) is 5.05. The van der Waals surface area contributed by atoms with E-state index >= 15 is 0 Å². The van der Waals surface area contributed by atoms with Crippen LogP contribution in [0.4, 0.5) is 0 Å². The fourth-order valence-electron chi connectivity index (χ4n) is 2.03. The second-order valence-electron chi connectivity index (χ2n) is 4.88. The largest absolute Gasteiger partial charge is 0.350 e. The first-order valence-corrected chi connectivity index (χ1v) is 6.87. The molecule has 1 N–H and O–H groups in total. The van der Waals surface area contributed by atoms with Crippen molar-refractivity contribution in [3.05, 3.63) is 65.5 Å². The highest BCUT2D eigenvalue weighted by molar-refractivity contribution is 5.76. The molecule has 0 spiro atoms. The van der Waals surface area contributed by atoms with Crippen LogP contribution in [0.2, 0.25) is 0 Å². The molecule has 0 bridgehead atoms. The van der Waals surface area contributed by atoms with E-state index in [1.807, 2.05) is 31.2 Å². The maximum atomic E-state index is 11.9. The summed E-state index contributed by atoms with van der Waals surface area (Å²) in [7, 11) is 0. The SMILES string of the molecule is CC(NC(=O)CCc1ccc(C#N)cc1)c1cccnc1. The lowest BCUT2D eigenvalue weighted by molar-refractivity contribution is -0.121. The van der Waals surface area contributed by atoms with Gasteiger partial charge in [-0.2, -0.15) is 5.26 Å². The van der Waals surface area contributed by atoms with E-state index < -0.39 is 0 Å². The second-order valence-corrected chi connectivity index (χ2v) is 4.88. The number of pyridine rings is 1. The molecule has 1 aromatic heterocycles. The number of benzene rings is 1. The summed E-state index contributed by atoms with van der Waals surface area (Å²) in [6.45, 7) is 1.94. The molecular formula is C17H17N3O. The Balaban J connectivity index is 1.83. The summed E-state index contributed by atoms with van der Waals surface area (Å²) < 4.78 is 0. The average molecular weight is 279 g/mol. The molecule has 21 heavy (non-hydrogen) atoms. The van der Waals surface area contributed by atoms with Gasteiger partial charge in [0.2, 0.25) is 5.91 Å². The van der Waals surface area contributed by atoms with Gasteiger partial charge in [0, 0.05) is 18.8 Å². The minimum atomic E-state index is -0.0489. The molecule has 4 nitrogen and oxygen atoms in total. The van der Waals surface area contributed by atoms with Crippen LogP contribution in [0.5, 0.6) is 0 Å². The molecule has 0 saturated carbocycles. The molecule has 1 atom stereocenters. The Bertz CT molecular complexity index is 629. The van der Waals surface area contributed by atoms with E-state index in [-0.39, 0.29) is 11.9 Å². The smallest absolute Gasteiger partial charge is 0.220 e. The molecule has 0 saturated heterocycles. The van der Waals surface area contributed by atoms with Gasteiger partial charge in [0.25, 0.3) is 0 Å². The van der Waals surface area contributed by atoms with Gasteiger partial charge in [0.05, 0.1) is 17.7 Å². The molecular weight excluding hydrogens is 262 g/mol. The van der Waals surface area contributed by atoms with Gasteiger partial charge >= 0.3 is 0 Å². The first-order chi connectivity index (χ1) is 10.2. The van der Waals surface area contributed by atoms with Crippen molar-refractivity contribution in [2.24, 2.45) is 0 Å². The molecule has 2 aromatic rings. The van der Waals surface area contributed by atoms with Gasteiger partial charge in [-0.3, -0.25) is 9.78 Å². The monoisotopic (exact) mass is 279 g/mol. The van der Waals surface area contributed by atoms with Crippen LogP contribution in [0.15, 0.2) is 48.8 Å². The zero-order valence-electron chi connectivity index (χ0n) is 11.9. The molecule has 106 valence electrons. The first-order valence-electron chi connectivity index (χ1n) is 6.87. The summed E-state index contributed by atoms with van der Waals surface area (Å²) >= 11 is 0. The molecule has 1 aromatic carbocycles. The molecule has 0 fully saturated rings. The van der Waals surface area contributed by atoms with Crippen LogP contribution in [0.1, 0.15) is 36.1 Å². The van der Waals surface area contributed by atoms with Crippen LogP contribution >= 0.6 is 0 Å². The number of nitriles is 1. The number of carbonyl (C=O) groups is 1. The van der Waals surface area contributed by atoms with Crippen LogP contribution in [0.25, 0.3) is 0 Å². The fourth-order valence-corrected chi connectivity index (χ4v) is 2.03. The van der Waals surface area contributed by atoms with Crippen LogP contribution in [0, 0.1) is 11.3 Å². The highest BCUT2D eigenvalue weighted by Crippen LogP contribution is 2.11. The number of rotatable bonds is 5. The minimum Gasteiger partial charge on any atom is -0.350 e. The number of aryl methyl sites for hydroxylation is 1. The zero-order chi connectivity index (χ0) is 15.1. The zero-order valence-corrected chi connectivity index (χ0v) is 11.9. The third-order valence-corrected chi connectivity index (χ3v) is 3.29. The van der Waals surface area contributed by atoms with Gasteiger partial charge in [-0.15, -0.1) is 0 Å². The van der Waals surface area contributed by atoms with Crippen LogP contribution < -0.4 is 5.32 Å². The van der Waals surface area contributed by atoms with E-state index in [0.717, 1.165) is 11.1 Å². The molecule has 0 aliphatic heterocycles. The van der Waals surface area contributed by atoms with E-state index in [4.69, 9.17) is 5.26 Å². The maximum Gasteiger partial charge on any atom is 0.220 e. The summed E-state index contributed by atoms with van der Waals surface area (Å²) in [4.78, 5) is 16.0. The Morgan fingerprint density at radius 3 is 2.71 bits per heavy atom. The number of hydrogen-bond acceptors (Lipinski definition) is 3. The lowest BCUT2D eigenvalue weighted by atomic mass is 10.1. The van der Waals surface area contributed by atoms with Crippen LogP contribution in [0.3, 0.4) is 0 Å². The normalized spacial score (nSPS) is 11.4. The van der Waals surface area contributed by atoms with Crippen molar-refractivity contribution in [3.8, 4) is 6.07 Å². The van der Waals surface area contributed by atoms with Gasteiger partial charge in [-0.05, 0) is 42.7 Å². The maximum absolute atomic E-state index is 11.9. The third-order valence-electron chi connectivity index (χ3n) is 3.29. The van der Waals surface area contributed by atoms with Crippen molar-refractivity contribution >= 4 is 5.91 Å². The van der Waals surface area contributed by atoms with Gasteiger partial charge in [0.1, 0.15) is 0 Å². The van der Waals surface area contributed by atoms with Crippen LogP contribution in [-0.4, -0.2) is 10.9 Å². The Morgan fingerprint density at radius 1 is 1.33 bits per heavy atom. The van der Waals surface area contributed by atoms with E-state index in [0.29, 0.717) is 18.4 Å². The Morgan fingerprint density at radius 2 is 2.10 bits per heavy atom. The topological polar surface area (TPSA) is 65.8 Å². The van der Waals surface area contributed by atoms with Gasteiger partial charge in [0.15, 0.2) is 0 Å². The fraction of sp³-hybridized carbons (Fsp3) is 0.235. The van der Waals surface area contributed by atoms with Gasteiger partial charge in [-0.1, -0.05) is 18.2 Å². The van der Waals surface area contributed by atoms with E-state index in [9.17, 15) is 4.79 Å². The van der Waals surface area contributed by atoms with Gasteiger partial charge in [-0.25, -0.2) is 0 Å². The standard InChI is InChI=1S/C17H17N3O/c1-13(16-3-2-10-19-12-16)20-17(21)9-8-14-4-6-15(11-18)7-5-14/h2-7,10,12-13H,8-9H2,1H3,(H,20,21). The van der Waals surface area contributed by atoms with Crippen molar-refractivity contribution in [2.45, 2.75) is 25.8 Å². The number of amides is 1. The van der Waals surface area contributed by atoms with E-state index in [1.165, 1.54) is 0 Å². The quantitative estimate of drug-likeness (QED) is 0.915. The minimum absolute atomic E-state index is 0.00992. The predicted molar refractivity (Wildman–Crippen MR) is 80.3 cm³/mol. The summed E-state index contributed by atoms with van der Waals surface area (Å²) in [6.07, 6.45) is 4.56. The molecule has 2 rings (SSSR count). The molecule has 0 aliphatic rings. The summed E-state index contributed by atoms with van der Waals surface area (Å²) in [5.41, 5.74) is 2.68. The first kappa shape index (κ1) is 14.7. The average Bonchev–Trinajstić information content (AvgIpc) is 2.54. The number of nitrogens with zero attached hydrogens (tertiary/aromatic N) is 2. The van der Waals surface area contributed by atoms with Crippen LogP contribution in [-0.2, 0) is 11.2 Å². The van der Waals surface area contributed by atoms with Crippen molar-refractivity contribution in [1.82, 2.24) is 10.3 Å². The molecule has 1 heterocycles. The van der Waals surface area contributed by atoms with Crippen molar-refractivity contribution < 1.29 is 4.79 Å². The van der Waals surface area contributed by atoms with Crippen molar-refractivity contribution in [2.75, 3.05) is 0 Å². The lowest BCUT2D eigenvalue weighted by Gasteiger charge is -2.13. The molecule has 1 amide bonds. The molecule has 1 unspecified atom stereocenters. The van der Waals surface area contributed by atoms with Crippen molar-refractivity contribution in [1.29, 1.82) is 5.26 Å². The molecule has 0 aliphatic carbocycles. The highest BCUT2D eigenvalue weighted by Gasteiger charge is 2.09. The molecule has 0 radical (unpaired) electrons. The number of hydrogen-bond donors (Lipinski definition) is 1. The van der Waals surface area contributed by atoms with Crippen molar-refractivity contribution in [3.63, 3.8) is 0 Å². The predicted octanol–water partition coefficient (Wildman–Crippen LogP) is 2.76. The van der Waals surface area contributed by atoms with Gasteiger partial charge < -0.3 is 5.32 Å². The Hall–Kier alpha value is -2.67. The summed E-state index contributed by atoms with van der Waals surface area (Å²) in [5.74, 6) is 0.00992. The summed E-state index contributed by atoms with van der Waals surface area (Å²) in [5, 5.41) is 11.7. The number of aromatic nitrogens is 1. The third kappa shape index (κ3) is 4.43. The van der Waals surface area contributed by atoms with E-state index in [2.05, 4.69) is 16.4 Å². The Labute approximate surface area is 124 Å². The summed E-state index contributed by atoms with van der Waals surface area (Å²) in [6, 6.07) is 13.1. The highest BCUT2D eigenvalue weighted by atomic mass is 16.1.